The number of aromatic nitrogens is 2. The number of amides is 2. The molecule has 2 aromatic rings. The normalized spacial score (nSPS) is 26.7. The van der Waals surface area contributed by atoms with Gasteiger partial charge >= 0.3 is 0 Å². The van der Waals surface area contributed by atoms with E-state index in [-0.39, 0.29) is 35.6 Å². The highest BCUT2D eigenvalue weighted by Crippen LogP contribution is 2.35. The summed E-state index contributed by atoms with van der Waals surface area (Å²) in [5, 5.41) is 3.04. The molecule has 3 fully saturated rings. The molecule has 8 nitrogen and oxygen atoms in total. The van der Waals surface area contributed by atoms with Crippen LogP contribution in [0, 0.1) is 11.8 Å². The number of nitrogens with one attached hydrogen (secondary N) is 1. The fourth-order valence-corrected chi connectivity index (χ4v) is 5.56. The van der Waals surface area contributed by atoms with Gasteiger partial charge in [-0.1, -0.05) is 26.2 Å². The van der Waals surface area contributed by atoms with Gasteiger partial charge in [0, 0.05) is 31.5 Å². The van der Waals surface area contributed by atoms with Crippen molar-refractivity contribution >= 4 is 11.8 Å². The highest BCUT2D eigenvalue weighted by atomic mass is 16.5. The van der Waals surface area contributed by atoms with Crippen LogP contribution in [-0.4, -0.2) is 58.0 Å². The maximum atomic E-state index is 13.7. The van der Waals surface area contributed by atoms with Crippen molar-refractivity contribution in [3.63, 3.8) is 0 Å². The van der Waals surface area contributed by atoms with Gasteiger partial charge in [-0.3, -0.25) is 9.59 Å². The fraction of sp³-hybridized carbons (Fsp3) is 0.583. The molecule has 0 aromatic carbocycles. The van der Waals surface area contributed by atoms with Gasteiger partial charge in [0.05, 0.1) is 17.7 Å². The van der Waals surface area contributed by atoms with Gasteiger partial charge in [-0.2, -0.15) is 0 Å². The summed E-state index contributed by atoms with van der Waals surface area (Å²) in [6.45, 7) is 3.52. The average Bonchev–Trinajstić information content (AvgIpc) is 3.57. The standard InChI is InChI=1S/C24H30N4O4/c1-15-13-28(18-9-10-31-22(15)18)24(30)21(16-5-3-2-4-6-16)27-23(29)20-8-7-19(32-20)17-11-25-14-26-12-17/h7-8,11-12,14-16,18,21-22H,2-6,9-10,13H2,1H3,(H,27,29)/t15?,18-,21?,22-/m1/s1. The molecule has 0 radical (unpaired) electrons. The number of fused-ring (bicyclic) bond motifs is 1. The number of carbonyl (C=O) groups is 2. The molecule has 2 saturated heterocycles. The first-order valence-electron chi connectivity index (χ1n) is 11.7. The molecule has 0 bridgehead atoms. The minimum atomic E-state index is -0.539. The topological polar surface area (TPSA) is 97.6 Å². The van der Waals surface area contributed by atoms with E-state index in [1.165, 1.54) is 12.7 Å². The molecule has 3 aliphatic rings. The Hall–Kier alpha value is -2.74. The number of furan rings is 1. The summed E-state index contributed by atoms with van der Waals surface area (Å²) in [5.74, 6) is 0.843. The highest BCUT2D eigenvalue weighted by molar-refractivity contribution is 5.96. The molecule has 1 N–H and O–H groups in total. The third-order valence-corrected chi connectivity index (χ3v) is 7.18. The molecule has 2 unspecified atom stereocenters. The maximum Gasteiger partial charge on any atom is 0.287 e. The second-order valence-corrected chi connectivity index (χ2v) is 9.30. The van der Waals surface area contributed by atoms with Gasteiger partial charge in [-0.05, 0) is 37.3 Å². The zero-order chi connectivity index (χ0) is 22.1. The van der Waals surface area contributed by atoms with Crippen LogP contribution < -0.4 is 5.32 Å². The van der Waals surface area contributed by atoms with Gasteiger partial charge in [-0.25, -0.2) is 9.97 Å². The molecule has 0 spiro atoms. The summed E-state index contributed by atoms with van der Waals surface area (Å²) < 4.78 is 11.7. The molecule has 1 aliphatic carbocycles. The number of rotatable bonds is 5. The molecule has 2 aliphatic heterocycles. The second kappa shape index (κ2) is 9.02. The van der Waals surface area contributed by atoms with Crippen molar-refractivity contribution in [3.05, 3.63) is 36.6 Å². The predicted octanol–water partition coefficient (Wildman–Crippen LogP) is 3.05. The summed E-state index contributed by atoms with van der Waals surface area (Å²) in [5.41, 5.74) is 0.699. The maximum absolute atomic E-state index is 13.7. The van der Waals surface area contributed by atoms with Crippen molar-refractivity contribution in [1.29, 1.82) is 0 Å². The van der Waals surface area contributed by atoms with Crippen LogP contribution in [0.5, 0.6) is 0 Å². The smallest absolute Gasteiger partial charge is 0.287 e. The largest absolute Gasteiger partial charge is 0.451 e. The van der Waals surface area contributed by atoms with Gasteiger partial charge < -0.3 is 19.4 Å². The van der Waals surface area contributed by atoms with Crippen molar-refractivity contribution in [3.8, 4) is 11.3 Å². The lowest BCUT2D eigenvalue weighted by Gasteiger charge is -2.34. The number of carbonyl (C=O) groups excluding carboxylic acids is 2. The Balaban J connectivity index is 1.35. The third kappa shape index (κ3) is 4.03. The molecular weight excluding hydrogens is 408 g/mol. The summed E-state index contributed by atoms with van der Waals surface area (Å²) in [6, 6.07) is 2.95. The average molecular weight is 439 g/mol. The number of likely N-dealkylation sites (tertiary alicyclic amines) is 1. The first-order chi connectivity index (χ1) is 15.6. The molecule has 5 rings (SSSR count). The first-order valence-corrected chi connectivity index (χ1v) is 11.7. The summed E-state index contributed by atoms with van der Waals surface area (Å²) in [4.78, 5) is 36.8. The van der Waals surface area contributed by atoms with Crippen LogP contribution in [0.1, 0.15) is 56.0 Å². The Labute approximate surface area is 187 Å². The predicted molar refractivity (Wildman–Crippen MR) is 117 cm³/mol. The molecule has 170 valence electrons. The van der Waals surface area contributed by atoms with Crippen LogP contribution in [0.4, 0.5) is 0 Å². The summed E-state index contributed by atoms with van der Waals surface area (Å²) >= 11 is 0. The van der Waals surface area contributed by atoms with Crippen LogP contribution in [0.2, 0.25) is 0 Å². The molecule has 2 aromatic heterocycles. The van der Waals surface area contributed by atoms with Crippen molar-refractivity contribution < 1.29 is 18.7 Å². The second-order valence-electron chi connectivity index (χ2n) is 9.30. The lowest BCUT2D eigenvalue weighted by Crippen LogP contribution is -2.54. The van der Waals surface area contributed by atoms with Gasteiger partial charge in [0.15, 0.2) is 5.76 Å². The number of hydrogen-bond donors (Lipinski definition) is 1. The van der Waals surface area contributed by atoms with E-state index in [1.807, 2.05) is 4.90 Å². The molecule has 2 amide bonds. The van der Waals surface area contributed by atoms with Crippen molar-refractivity contribution in [2.75, 3.05) is 13.2 Å². The van der Waals surface area contributed by atoms with Crippen LogP contribution in [0.15, 0.2) is 35.3 Å². The Kier molecular flexibility index (Phi) is 5.95. The van der Waals surface area contributed by atoms with E-state index in [9.17, 15) is 9.59 Å². The molecular formula is C24H30N4O4. The van der Waals surface area contributed by atoms with Crippen LogP contribution in [0.3, 0.4) is 0 Å². The Bertz CT molecular complexity index is 956. The fourth-order valence-electron chi connectivity index (χ4n) is 5.56. The quantitative estimate of drug-likeness (QED) is 0.771. The van der Waals surface area contributed by atoms with Crippen LogP contribution in [0.25, 0.3) is 11.3 Å². The minimum Gasteiger partial charge on any atom is -0.451 e. The van der Waals surface area contributed by atoms with E-state index >= 15 is 0 Å². The highest BCUT2D eigenvalue weighted by Gasteiger charge is 2.48. The first kappa shape index (κ1) is 21.1. The SMILES string of the molecule is CC1CN(C(=O)C(NC(=O)c2ccc(-c3cncnc3)o2)C2CCCCC2)[C@@H]2CCO[C@H]12. The van der Waals surface area contributed by atoms with E-state index in [0.717, 1.165) is 32.1 Å². The minimum absolute atomic E-state index is 0.0262. The van der Waals surface area contributed by atoms with E-state index in [1.54, 1.807) is 24.5 Å². The Morgan fingerprint density at radius 3 is 2.69 bits per heavy atom. The van der Waals surface area contributed by atoms with Gasteiger partial charge in [-0.15, -0.1) is 0 Å². The van der Waals surface area contributed by atoms with Gasteiger partial charge in [0.2, 0.25) is 5.91 Å². The summed E-state index contributed by atoms with van der Waals surface area (Å²) in [7, 11) is 0. The zero-order valence-electron chi connectivity index (χ0n) is 18.4. The van der Waals surface area contributed by atoms with Crippen molar-refractivity contribution in [2.45, 2.75) is 63.6 Å². The van der Waals surface area contributed by atoms with E-state index in [2.05, 4.69) is 22.2 Å². The molecule has 8 heteroatoms. The molecule has 32 heavy (non-hydrogen) atoms. The Morgan fingerprint density at radius 2 is 1.91 bits per heavy atom. The van der Waals surface area contributed by atoms with Crippen LogP contribution >= 0.6 is 0 Å². The van der Waals surface area contributed by atoms with Crippen LogP contribution in [-0.2, 0) is 9.53 Å². The molecule has 4 atom stereocenters. The summed E-state index contributed by atoms with van der Waals surface area (Å²) in [6.07, 6.45) is 11.0. The number of hydrogen-bond acceptors (Lipinski definition) is 6. The lowest BCUT2D eigenvalue weighted by molar-refractivity contribution is -0.136. The zero-order valence-corrected chi connectivity index (χ0v) is 18.4. The number of ether oxygens (including phenoxy) is 1. The lowest BCUT2D eigenvalue weighted by atomic mass is 9.83. The van der Waals surface area contributed by atoms with Gasteiger partial charge in [0.1, 0.15) is 18.1 Å². The third-order valence-electron chi connectivity index (χ3n) is 7.18. The van der Waals surface area contributed by atoms with Crippen molar-refractivity contribution in [2.24, 2.45) is 11.8 Å². The monoisotopic (exact) mass is 438 g/mol. The van der Waals surface area contributed by atoms with E-state index < -0.39 is 6.04 Å². The van der Waals surface area contributed by atoms with Gasteiger partial charge in [0.25, 0.3) is 5.91 Å². The molecule has 1 saturated carbocycles. The number of nitrogens with zero attached hydrogens (tertiary/aromatic N) is 3. The van der Waals surface area contributed by atoms with E-state index in [4.69, 9.17) is 9.15 Å². The molecule has 4 heterocycles. The van der Waals surface area contributed by atoms with E-state index in [0.29, 0.717) is 30.4 Å². The Morgan fingerprint density at radius 1 is 1.12 bits per heavy atom. The van der Waals surface area contributed by atoms with Crippen molar-refractivity contribution in [1.82, 2.24) is 20.2 Å².